The molecule has 0 saturated carbocycles. The van der Waals surface area contributed by atoms with Crippen LogP contribution in [0.25, 0.3) is 0 Å². The summed E-state index contributed by atoms with van der Waals surface area (Å²) in [5.41, 5.74) is 0. The highest BCUT2D eigenvalue weighted by Gasteiger charge is 2.07. The van der Waals surface area contributed by atoms with Gasteiger partial charge in [0.05, 0.1) is 12.3 Å². The number of alkyl halides is 2. The van der Waals surface area contributed by atoms with Gasteiger partial charge in [-0.3, -0.25) is 0 Å². The molecule has 1 heterocycles. The van der Waals surface area contributed by atoms with Crippen molar-refractivity contribution in [1.29, 1.82) is 0 Å². The van der Waals surface area contributed by atoms with E-state index in [-0.39, 0.29) is 5.75 Å². The van der Waals surface area contributed by atoms with Crippen LogP contribution in [-0.2, 0) is 12.3 Å². The first-order valence-corrected chi connectivity index (χ1v) is 8.42. The summed E-state index contributed by atoms with van der Waals surface area (Å²) in [6, 6.07) is 4.20. The Morgan fingerprint density at radius 2 is 1.95 bits per heavy atom. The Bertz CT molecular complexity index is 386. The van der Waals surface area contributed by atoms with E-state index in [2.05, 4.69) is 31.1 Å². The van der Waals surface area contributed by atoms with Gasteiger partial charge in [-0.05, 0) is 59.0 Å². The lowest BCUT2D eigenvalue weighted by atomic mass is 10.2. The zero-order valence-electron chi connectivity index (χ0n) is 13.1. The lowest BCUT2D eigenvalue weighted by Crippen LogP contribution is -2.27. The molecule has 0 aliphatic carbocycles. The molecule has 21 heavy (non-hydrogen) atoms. The van der Waals surface area contributed by atoms with Crippen LogP contribution in [0.4, 0.5) is 8.78 Å². The van der Waals surface area contributed by atoms with Crippen LogP contribution in [0.2, 0.25) is 0 Å². The Hall–Kier alpha value is -0.590. The number of hydrogen-bond acceptors (Lipinski definition) is 4. The van der Waals surface area contributed by atoms with E-state index in [1.54, 1.807) is 6.07 Å². The standard InChI is InChI=1S/C15H26F2N2OS/c1-12(2)19(3)9-5-4-8-18-10-13-6-7-14(20-13)11-21-15(16)17/h6-7,12,15,18H,4-5,8-11H2,1-3H3. The molecule has 6 heteroatoms. The van der Waals surface area contributed by atoms with Crippen LogP contribution in [0.3, 0.4) is 0 Å². The molecule has 1 rings (SSSR count). The number of unbranched alkanes of at least 4 members (excludes halogenated alkanes) is 1. The van der Waals surface area contributed by atoms with E-state index >= 15 is 0 Å². The predicted octanol–water partition coefficient (Wildman–Crippen LogP) is 3.95. The molecule has 0 unspecified atom stereocenters. The van der Waals surface area contributed by atoms with Crippen molar-refractivity contribution < 1.29 is 13.2 Å². The molecule has 0 aromatic carbocycles. The van der Waals surface area contributed by atoms with Crippen molar-refractivity contribution in [1.82, 2.24) is 10.2 Å². The summed E-state index contributed by atoms with van der Waals surface area (Å²) in [6.45, 7) is 7.08. The zero-order valence-corrected chi connectivity index (χ0v) is 13.9. The minimum Gasteiger partial charge on any atom is -0.464 e. The van der Waals surface area contributed by atoms with Crippen molar-refractivity contribution >= 4 is 11.8 Å². The molecule has 0 radical (unpaired) electrons. The number of rotatable bonds is 11. The highest BCUT2D eigenvalue weighted by atomic mass is 32.2. The van der Waals surface area contributed by atoms with Gasteiger partial charge in [-0.15, -0.1) is 0 Å². The summed E-state index contributed by atoms with van der Waals surface area (Å²) in [4.78, 5) is 2.33. The second kappa shape index (κ2) is 10.2. The Labute approximate surface area is 130 Å². The van der Waals surface area contributed by atoms with Gasteiger partial charge in [-0.25, -0.2) is 0 Å². The quantitative estimate of drug-likeness (QED) is 0.625. The van der Waals surface area contributed by atoms with Crippen LogP contribution in [0.5, 0.6) is 0 Å². The smallest absolute Gasteiger partial charge is 0.284 e. The van der Waals surface area contributed by atoms with Gasteiger partial charge in [0.2, 0.25) is 0 Å². The molecule has 0 atom stereocenters. The van der Waals surface area contributed by atoms with E-state index in [0.717, 1.165) is 31.7 Å². The minimum atomic E-state index is -2.35. The first-order valence-electron chi connectivity index (χ1n) is 7.37. The molecule has 0 saturated heterocycles. The zero-order chi connectivity index (χ0) is 15.7. The molecule has 1 aromatic rings. The fourth-order valence-electron chi connectivity index (χ4n) is 1.82. The monoisotopic (exact) mass is 320 g/mol. The molecule has 0 fully saturated rings. The van der Waals surface area contributed by atoms with E-state index in [4.69, 9.17) is 4.42 Å². The number of hydrogen-bond donors (Lipinski definition) is 1. The molecule has 0 amide bonds. The Balaban J connectivity index is 2.07. The normalized spacial score (nSPS) is 12.0. The van der Waals surface area contributed by atoms with Crippen molar-refractivity contribution in [3.05, 3.63) is 23.7 Å². The topological polar surface area (TPSA) is 28.4 Å². The number of nitrogens with one attached hydrogen (secondary N) is 1. The maximum atomic E-state index is 12.1. The SMILES string of the molecule is CC(C)N(C)CCCCNCc1ccc(CSC(F)F)o1. The Kier molecular flexibility index (Phi) is 8.96. The maximum absolute atomic E-state index is 12.1. The van der Waals surface area contributed by atoms with Crippen LogP contribution in [0, 0.1) is 0 Å². The van der Waals surface area contributed by atoms with Crippen molar-refractivity contribution in [2.75, 3.05) is 20.1 Å². The largest absolute Gasteiger partial charge is 0.464 e. The van der Waals surface area contributed by atoms with Crippen LogP contribution < -0.4 is 5.32 Å². The Morgan fingerprint density at radius 3 is 2.62 bits per heavy atom. The molecule has 122 valence electrons. The molecule has 0 aliphatic rings. The number of nitrogens with zero attached hydrogens (tertiary/aromatic N) is 1. The van der Waals surface area contributed by atoms with Gasteiger partial charge in [-0.2, -0.15) is 8.78 Å². The lowest BCUT2D eigenvalue weighted by molar-refractivity contribution is 0.251. The predicted molar refractivity (Wildman–Crippen MR) is 84.7 cm³/mol. The van der Waals surface area contributed by atoms with Gasteiger partial charge < -0.3 is 14.6 Å². The van der Waals surface area contributed by atoms with Gasteiger partial charge in [0, 0.05) is 6.04 Å². The molecular formula is C15H26F2N2OS. The van der Waals surface area contributed by atoms with E-state index in [9.17, 15) is 8.78 Å². The second-order valence-corrected chi connectivity index (χ2v) is 6.38. The summed E-state index contributed by atoms with van der Waals surface area (Å²) in [6.07, 6.45) is 2.28. The molecule has 0 spiro atoms. The van der Waals surface area contributed by atoms with E-state index < -0.39 is 5.76 Å². The summed E-state index contributed by atoms with van der Waals surface area (Å²) in [5.74, 6) is -0.713. The third-order valence-electron chi connectivity index (χ3n) is 3.36. The van der Waals surface area contributed by atoms with Crippen molar-refractivity contribution in [3.63, 3.8) is 0 Å². The van der Waals surface area contributed by atoms with Crippen LogP contribution in [0.1, 0.15) is 38.2 Å². The summed E-state index contributed by atoms with van der Waals surface area (Å²) >= 11 is 0.585. The molecule has 0 bridgehead atoms. The second-order valence-electron chi connectivity index (χ2n) is 5.40. The van der Waals surface area contributed by atoms with E-state index in [1.165, 1.54) is 0 Å². The fourth-order valence-corrected chi connectivity index (χ4v) is 2.27. The number of furan rings is 1. The Morgan fingerprint density at radius 1 is 1.24 bits per heavy atom. The van der Waals surface area contributed by atoms with Gasteiger partial charge in [0.15, 0.2) is 0 Å². The highest BCUT2D eigenvalue weighted by molar-refractivity contribution is 7.98. The average molecular weight is 320 g/mol. The van der Waals surface area contributed by atoms with Gasteiger partial charge in [0.25, 0.3) is 5.76 Å². The number of thioether (sulfide) groups is 1. The molecule has 0 aliphatic heterocycles. The first kappa shape index (κ1) is 18.5. The lowest BCUT2D eigenvalue weighted by Gasteiger charge is -2.20. The maximum Gasteiger partial charge on any atom is 0.284 e. The molecular weight excluding hydrogens is 294 g/mol. The minimum absolute atomic E-state index is 0.221. The van der Waals surface area contributed by atoms with Crippen molar-refractivity contribution in [3.8, 4) is 0 Å². The van der Waals surface area contributed by atoms with Crippen LogP contribution >= 0.6 is 11.8 Å². The van der Waals surface area contributed by atoms with Crippen LogP contribution in [-0.4, -0.2) is 36.8 Å². The summed E-state index contributed by atoms with van der Waals surface area (Å²) in [5, 5.41) is 3.32. The van der Waals surface area contributed by atoms with Gasteiger partial charge >= 0.3 is 0 Å². The number of halogens is 2. The summed E-state index contributed by atoms with van der Waals surface area (Å²) < 4.78 is 29.6. The molecule has 1 aromatic heterocycles. The fraction of sp³-hybridized carbons (Fsp3) is 0.733. The van der Waals surface area contributed by atoms with Gasteiger partial charge in [-0.1, -0.05) is 11.8 Å². The third kappa shape index (κ3) is 8.44. The molecule has 1 N–H and O–H groups in total. The van der Waals surface area contributed by atoms with E-state index in [1.807, 2.05) is 6.07 Å². The van der Waals surface area contributed by atoms with Crippen LogP contribution in [0.15, 0.2) is 16.5 Å². The van der Waals surface area contributed by atoms with E-state index in [0.29, 0.717) is 30.1 Å². The first-order chi connectivity index (χ1) is 9.99. The van der Waals surface area contributed by atoms with Gasteiger partial charge in [0.1, 0.15) is 11.5 Å². The highest BCUT2D eigenvalue weighted by Crippen LogP contribution is 2.21. The molecule has 3 nitrogen and oxygen atoms in total. The average Bonchev–Trinajstić information content (AvgIpc) is 2.87. The van der Waals surface area contributed by atoms with Crippen molar-refractivity contribution in [2.24, 2.45) is 0 Å². The van der Waals surface area contributed by atoms with Crippen molar-refractivity contribution in [2.45, 2.75) is 50.8 Å². The summed E-state index contributed by atoms with van der Waals surface area (Å²) in [7, 11) is 2.14. The third-order valence-corrected chi connectivity index (χ3v) is 4.07.